The Bertz CT molecular complexity index is 612. The molecule has 104 valence electrons. The van der Waals surface area contributed by atoms with E-state index in [0.29, 0.717) is 5.92 Å². The van der Waals surface area contributed by atoms with Crippen LogP contribution in [0.3, 0.4) is 0 Å². The normalized spacial score (nSPS) is 17.2. The predicted octanol–water partition coefficient (Wildman–Crippen LogP) is 4.11. The molecule has 1 aliphatic rings. The van der Waals surface area contributed by atoms with E-state index in [4.69, 9.17) is 4.74 Å². The van der Waals surface area contributed by atoms with Gasteiger partial charge in [-0.05, 0) is 48.7 Å². The molecule has 20 heavy (non-hydrogen) atoms. The lowest BCUT2D eigenvalue weighted by Gasteiger charge is -2.26. The van der Waals surface area contributed by atoms with Gasteiger partial charge in [-0.25, -0.2) is 4.39 Å². The molecule has 2 aromatic carbocycles. The summed E-state index contributed by atoms with van der Waals surface area (Å²) in [4.78, 5) is 0. The highest BCUT2D eigenvalue weighted by atomic mass is 19.1. The molecule has 3 rings (SSSR count). The van der Waals surface area contributed by atoms with Crippen molar-refractivity contribution in [2.45, 2.75) is 19.3 Å². The zero-order chi connectivity index (χ0) is 13.9. The summed E-state index contributed by atoms with van der Waals surface area (Å²) in [5, 5.41) is 3.43. The molecule has 2 nitrogen and oxygen atoms in total. The Kier molecular flexibility index (Phi) is 3.59. The van der Waals surface area contributed by atoms with Crippen molar-refractivity contribution in [3.8, 4) is 5.75 Å². The molecule has 2 aromatic rings. The van der Waals surface area contributed by atoms with Crippen molar-refractivity contribution in [2.75, 3.05) is 18.5 Å². The van der Waals surface area contributed by atoms with Crippen LogP contribution in [0.4, 0.5) is 10.1 Å². The second kappa shape index (κ2) is 5.53. The van der Waals surface area contributed by atoms with Crippen LogP contribution in [0.25, 0.3) is 0 Å². The molecule has 1 atom stereocenters. The Hall–Kier alpha value is -2.03. The van der Waals surface area contributed by atoms with Crippen LogP contribution in [-0.2, 0) is 0 Å². The van der Waals surface area contributed by atoms with Crippen LogP contribution in [0.2, 0.25) is 0 Å². The molecule has 0 aromatic heterocycles. The minimum absolute atomic E-state index is 0.190. The van der Waals surface area contributed by atoms with Crippen molar-refractivity contribution in [2.24, 2.45) is 0 Å². The monoisotopic (exact) mass is 271 g/mol. The Morgan fingerprint density at radius 1 is 1.25 bits per heavy atom. The van der Waals surface area contributed by atoms with Crippen LogP contribution < -0.4 is 10.1 Å². The number of aryl methyl sites for hydroxylation is 1. The van der Waals surface area contributed by atoms with E-state index in [1.54, 1.807) is 12.1 Å². The van der Waals surface area contributed by atoms with Gasteiger partial charge in [0.15, 0.2) is 0 Å². The summed E-state index contributed by atoms with van der Waals surface area (Å²) in [7, 11) is 0. The highest BCUT2D eigenvalue weighted by molar-refractivity contribution is 5.51. The van der Waals surface area contributed by atoms with Gasteiger partial charge >= 0.3 is 0 Å². The first-order valence-electron chi connectivity index (χ1n) is 6.96. The molecule has 0 saturated heterocycles. The second-order valence-corrected chi connectivity index (χ2v) is 5.21. The summed E-state index contributed by atoms with van der Waals surface area (Å²) in [5.74, 6) is 1.23. The Labute approximate surface area is 118 Å². The fraction of sp³-hybridized carbons (Fsp3) is 0.294. The van der Waals surface area contributed by atoms with Crippen molar-refractivity contribution in [3.63, 3.8) is 0 Å². The van der Waals surface area contributed by atoms with E-state index in [-0.39, 0.29) is 5.82 Å². The highest BCUT2D eigenvalue weighted by Gasteiger charge is 2.20. The number of rotatable bonds is 3. The number of fused-ring (bicyclic) bond motifs is 1. The Balaban J connectivity index is 1.73. The van der Waals surface area contributed by atoms with Crippen LogP contribution in [0.1, 0.15) is 23.5 Å². The van der Waals surface area contributed by atoms with Crippen LogP contribution in [0.15, 0.2) is 42.5 Å². The zero-order valence-electron chi connectivity index (χ0n) is 11.5. The maximum Gasteiger partial charge on any atom is 0.123 e. The number of halogens is 1. The topological polar surface area (TPSA) is 21.3 Å². The summed E-state index contributed by atoms with van der Waals surface area (Å²) >= 11 is 0. The molecule has 0 aliphatic carbocycles. The molecule has 1 heterocycles. The lowest BCUT2D eigenvalue weighted by atomic mass is 9.93. The molecular weight excluding hydrogens is 253 g/mol. The molecule has 0 radical (unpaired) electrons. The van der Waals surface area contributed by atoms with Gasteiger partial charge < -0.3 is 10.1 Å². The van der Waals surface area contributed by atoms with Gasteiger partial charge in [0, 0.05) is 18.2 Å². The lowest BCUT2D eigenvalue weighted by Crippen LogP contribution is -2.20. The third-order valence-electron chi connectivity index (χ3n) is 3.81. The Morgan fingerprint density at radius 3 is 2.95 bits per heavy atom. The van der Waals surface area contributed by atoms with E-state index in [2.05, 4.69) is 11.4 Å². The highest BCUT2D eigenvalue weighted by Crippen LogP contribution is 2.33. The number of ether oxygens (including phenoxy) is 1. The molecule has 0 spiro atoms. The zero-order valence-corrected chi connectivity index (χ0v) is 11.5. The van der Waals surface area contributed by atoms with Crippen LogP contribution in [0, 0.1) is 12.7 Å². The third-order valence-corrected chi connectivity index (χ3v) is 3.81. The van der Waals surface area contributed by atoms with Crippen molar-refractivity contribution in [3.05, 3.63) is 59.4 Å². The minimum Gasteiger partial charge on any atom is -0.493 e. The quantitative estimate of drug-likeness (QED) is 0.907. The smallest absolute Gasteiger partial charge is 0.123 e. The fourth-order valence-corrected chi connectivity index (χ4v) is 2.69. The molecule has 0 bridgehead atoms. The molecule has 0 amide bonds. The maximum atomic E-state index is 13.1. The number of hydrogen-bond donors (Lipinski definition) is 1. The number of hydrogen-bond acceptors (Lipinski definition) is 2. The van der Waals surface area contributed by atoms with Gasteiger partial charge in [0.2, 0.25) is 0 Å². The summed E-state index contributed by atoms with van der Waals surface area (Å²) in [5.41, 5.74) is 3.19. The van der Waals surface area contributed by atoms with Crippen LogP contribution >= 0.6 is 0 Å². The van der Waals surface area contributed by atoms with Gasteiger partial charge in [0.1, 0.15) is 11.6 Å². The van der Waals surface area contributed by atoms with E-state index in [0.717, 1.165) is 36.6 Å². The molecule has 1 aliphatic heterocycles. The predicted molar refractivity (Wildman–Crippen MR) is 78.9 cm³/mol. The van der Waals surface area contributed by atoms with E-state index in [1.807, 2.05) is 25.1 Å². The van der Waals surface area contributed by atoms with Gasteiger partial charge in [-0.3, -0.25) is 0 Å². The van der Waals surface area contributed by atoms with Crippen molar-refractivity contribution < 1.29 is 9.13 Å². The average Bonchev–Trinajstić information content (AvgIpc) is 2.46. The summed E-state index contributed by atoms with van der Waals surface area (Å²) in [6.45, 7) is 3.52. The van der Waals surface area contributed by atoms with Gasteiger partial charge in [-0.2, -0.15) is 0 Å². The van der Waals surface area contributed by atoms with Crippen LogP contribution in [0.5, 0.6) is 5.75 Å². The van der Waals surface area contributed by atoms with Gasteiger partial charge in [-0.1, -0.05) is 18.2 Å². The number of nitrogens with one attached hydrogen (secondary N) is 1. The first-order valence-corrected chi connectivity index (χ1v) is 6.96. The number of anilines is 1. The standard InChI is InChI=1S/C17H18FNO/c1-12-10-14(18)6-7-16(12)19-11-13-8-9-20-17-5-3-2-4-15(13)17/h2-7,10,13,19H,8-9,11H2,1H3. The van der Waals surface area contributed by atoms with Crippen molar-refractivity contribution in [1.82, 2.24) is 0 Å². The SMILES string of the molecule is Cc1cc(F)ccc1NCC1CCOc2ccccc21. The van der Waals surface area contributed by atoms with E-state index in [1.165, 1.54) is 11.6 Å². The molecule has 1 N–H and O–H groups in total. The molecule has 0 fully saturated rings. The summed E-state index contributed by atoms with van der Waals surface area (Å²) in [6.07, 6.45) is 1.00. The van der Waals surface area contributed by atoms with E-state index < -0.39 is 0 Å². The van der Waals surface area contributed by atoms with Crippen molar-refractivity contribution in [1.29, 1.82) is 0 Å². The average molecular weight is 271 g/mol. The van der Waals surface area contributed by atoms with Gasteiger partial charge in [0.25, 0.3) is 0 Å². The third kappa shape index (κ3) is 2.62. The van der Waals surface area contributed by atoms with Gasteiger partial charge in [-0.15, -0.1) is 0 Å². The molecule has 0 saturated carbocycles. The van der Waals surface area contributed by atoms with Crippen molar-refractivity contribution >= 4 is 5.69 Å². The molecule has 1 unspecified atom stereocenters. The van der Waals surface area contributed by atoms with Gasteiger partial charge in [0.05, 0.1) is 6.61 Å². The van der Waals surface area contributed by atoms with E-state index >= 15 is 0 Å². The summed E-state index contributed by atoms with van der Waals surface area (Å²) < 4.78 is 18.8. The molecule has 3 heteroatoms. The minimum atomic E-state index is -0.190. The number of para-hydroxylation sites is 1. The fourth-order valence-electron chi connectivity index (χ4n) is 2.69. The van der Waals surface area contributed by atoms with Crippen LogP contribution in [-0.4, -0.2) is 13.2 Å². The summed E-state index contributed by atoms with van der Waals surface area (Å²) in [6, 6.07) is 13.0. The van der Waals surface area contributed by atoms with E-state index in [9.17, 15) is 4.39 Å². The second-order valence-electron chi connectivity index (χ2n) is 5.21. The maximum absolute atomic E-state index is 13.1. The first kappa shape index (κ1) is 13.0. The first-order chi connectivity index (χ1) is 9.74. The largest absolute Gasteiger partial charge is 0.493 e. The molecular formula is C17H18FNO. The number of benzene rings is 2. The lowest BCUT2D eigenvalue weighted by molar-refractivity contribution is 0.270. The Morgan fingerprint density at radius 2 is 2.10 bits per heavy atom.